The molecule has 3 aromatic carbocycles. The van der Waals surface area contributed by atoms with E-state index in [0.717, 1.165) is 22.4 Å². The smallest absolute Gasteiger partial charge is 0.407 e. The molecule has 6 heteroatoms. The van der Waals surface area contributed by atoms with Crippen molar-refractivity contribution in [1.82, 2.24) is 10.2 Å². The molecular weight excluding hydrogens is 452 g/mol. The molecule has 1 aliphatic rings. The van der Waals surface area contributed by atoms with Crippen LogP contribution >= 0.6 is 0 Å². The first kappa shape index (κ1) is 25.3. The quantitative estimate of drug-likeness (QED) is 0.413. The predicted octanol–water partition coefficient (Wildman–Crippen LogP) is 5.74. The summed E-state index contributed by atoms with van der Waals surface area (Å²) < 4.78 is 10.8. The maximum Gasteiger partial charge on any atom is 0.407 e. The molecule has 1 saturated heterocycles. The summed E-state index contributed by atoms with van der Waals surface area (Å²) in [6.45, 7) is 6.77. The monoisotopic (exact) mass is 486 g/mol. The van der Waals surface area contributed by atoms with Crippen molar-refractivity contribution in [2.45, 2.75) is 46.0 Å². The minimum Gasteiger partial charge on any atom is -0.497 e. The molecule has 4 rings (SSSR count). The van der Waals surface area contributed by atoms with Gasteiger partial charge in [0.05, 0.1) is 25.1 Å². The van der Waals surface area contributed by atoms with Gasteiger partial charge in [0, 0.05) is 6.54 Å². The third-order valence-corrected chi connectivity index (χ3v) is 6.68. The number of nitrogens with one attached hydrogen (secondary N) is 1. The Morgan fingerprint density at radius 2 is 1.53 bits per heavy atom. The fourth-order valence-corrected chi connectivity index (χ4v) is 4.78. The number of hydrogen-bond donors (Lipinski definition) is 1. The number of nitrogens with zero attached hydrogens (tertiary/aromatic N) is 1. The van der Waals surface area contributed by atoms with Gasteiger partial charge in [-0.3, -0.25) is 4.79 Å². The molecule has 3 aromatic rings. The maximum absolute atomic E-state index is 13.6. The summed E-state index contributed by atoms with van der Waals surface area (Å²) in [4.78, 5) is 28.3. The largest absolute Gasteiger partial charge is 0.497 e. The highest BCUT2D eigenvalue weighted by Crippen LogP contribution is 2.46. The van der Waals surface area contributed by atoms with Crippen LogP contribution in [0, 0.1) is 11.3 Å². The minimum absolute atomic E-state index is 0.0166. The van der Waals surface area contributed by atoms with Crippen molar-refractivity contribution < 1.29 is 19.1 Å². The third-order valence-electron chi connectivity index (χ3n) is 6.68. The Balaban J connectivity index is 1.55. The number of likely N-dealkylation sites (tertiary alicyclic amines) is 1. The lowest BCUT2D eigenvalue weighted by Crippen LogP contribution is -2.64. The summed E-state index contributed by atoms with van der Waals surface area (Å²) in [5.74, 6) is 0.384. The third kappa shape index (κ3) is 5.70. The van der Waals surface area contributed by atoms with Gasteiger partial charge in [-0.15, -0.1) is 0 Å². The second-order valence-corrected chi connectivity index (χ2v) is 10.2. The van der Waals surface area contributed by atoms with Gasteiger partial charge in [-0.2, -0.15) is 0 Å². The lowest BCUT2D eigenvalue weighted by molar-refractivity contribution is -0.163. The molecule has 0 spiro atoms. The standard InChI is InChI=1S/C30H34N2O4/c1-30(2,3)27(31-29(34)36-20-22-11-7-5-8-12-22)25-26(23-13-9-6-10-14-23)32(28(25)33)19-21-15-17-24(35-4)18-16-21/h5-18,25-27H,19-20H2,1-4H3,(H,31,34)/t25-,26+,27+/m0/s1. The number of rotatable bonds is 8. The zero-order valence-corrected chi connectivity index (χ0v) is 21.3. The van der Waals surface area contributed by atoms with Gasteiger partial charge in [0.25, 0.3) is 0 Å². The topological polar surface area (TPSA) is 67.9 Å². The highest BCUT2D eigenvalue weighted by molar-refractivity contribution is 5.88. The fraction of sp³-hybridized carbons (Fsp3) is 0.333. The number of benzene rings is 3. The fourth-order valence-electron chi connectivity index (χ4n) is 4.78. The first-order chi connectivity index (χ1) is 17.3. The number of hydrogen-bond acceptors (Lipinski definition) is 4. The Morgan fingerprint density at radius 3 is 2.11 bits per heavy atom. The second-order valence-electron chi connectivity index (χ2n) is 10.2. The molecule has 0 radical (unpaired) electrons. The van der Waals surface area contributed by atoms with Crippen molar-refractivity contribution in [2.24, 2.45) is 11.3 Å². The van der Waals surface area contributed by atoms with Gasteiger partial charge in [-0.25, -0.2) is 4.79 Å². The van der Waals surface area contributed by atoms with Crippen LogP contribution in [0.5, 0.6) is 5.75 Å². The van der Waals surface area contributed by atoms with Crippen molar-refractivity contribution in [1.29, 1.82) is 0 Å². The average molecular weight is 487 g/mol. The van der Waals surface area contributed by atoms with Crippen LogP contribution < -0.4 is 10.1 Å². The van der Waals surface area contributed by atoms with E-state index in [4.69, 9.17) is 9.47 Å². The summed E-state index contributed by atoms with van der Waals surface area (Å²) in [6.07, 6.45) is -0.521. The summed E-state index contributed by atoms with van der Waals surface area (Å²) in [5.41, 5.74) is 2.61. The van der Waals surface area contributed by atoms with Crippen molar-refractivity contribution in [3.05, 3.63) is 102 Å². The van der Waals surface area contributed by atoms with Crippen molar-refractivity contribution in [2.75, 3.05) is 7.11 Å². The van der Waals surface area contributed by atoms with E-state index in [1.807, 2.05) is 111 Å². The molecule has 0 saturated carbocycles. The van der Waals surface area contributed by atoms with Crippen LogP contribution in [0.4, 0.5) is 4.79 Å². The SMILES string of the molecule is COc1ccc(CN2C(=O)[C@H]([C@@H](NC(=O)OCc3ccccc3)C(C)(C)C)[C@H]2c2ccccc2)cc1. The van der Waals surface area contributed by atoms with E-state index >= 15 is 0 Å². The van der Waals surface area contributed by atoms with E-state index < -0.39 is 18.1 Å². The lowest BCUT2D eigenvalue weighted by Gasteiger charge is -2.53. The van der Waals surface area contributed by atoms with E-state index in [-0.39, 0.29) is 24.0 Å². The molecule has 1 fully saturated rings. The Morgan fingerprint density at radius 1 is 0.917 bits per heavy atom. The number of carbonyl (C=O) groups is 2. The number of ether oxygens (including phenoxy) is 2. The van der Waals surface area contributed by atoms with E-state index in [1.54, 1.807) is 7.11 Å². The molecule has 3 atom stereocenters. The molecule has 188 valence electrons. The molecule has 1 N–H and O–H groups in total. The van der Waals surface area contributed by atoms with Crippen LogP contribution in [0.25, 0.3) is 0 Å². The number of alkyl carbamates (subject to hydrolysis) is 1. The molecular formula is C30H34N2O4. The molecule has 36 heavy (non-hydrogen) atoms. The zero-order valence-electron chi connectivity index (χ0n) is 21.3. The van der Waals surface area contributed by atoms with Gasteiger partial charge in [0.15, 0.2) is 0 Å². The molecule has 0 unspecified atom stereocenters. The maximum atomic E-state index is 13.6. The van der Waals surface area contributed by atoms with Crippen LogP contribution in [0.3, 0.4) is 0 Å². The van der Waals surface area contributed by atoms with Crippen LogP contribution in [0.15, 0.2) is 84.9 Å². The number of amides is 2. The normalized spacial score (nSPS) is 18.2. The number of carbonyl (C=O) groups excluding carboxylic acids is 2. The van der Waals surface area contributed by atoms with E-state index in [1.165, 1.54) is 0 Å². The predicted molar refractivity (Wildman–Crippen MR) is 139 cm³/mol. The first-order valence-electron chi connectivity index (χ1n) is 12.2. The summed E-state index contributed by atoms with van der Waals surface area (Å²) in [6, 6.07) is 26.7. The number of β-lactam (4-membered cyclic amide) rings is 1. The molecule has 1 aliphatic heterocycles. The van der Waals surface area contributed by atoms with Crippen molar-refractivity contribution in [3.63, 3.8) is 0 Å². The minimum atomic E-state index is -0.521. The molecule has 0 aromatic heterocycles. The Hall–Kier alpha value is -3.80. The molecule has 2 amide bonds. The summed E-state index contributed by atoms with van der Waals surface area (Å²) >= 11 is 0. The van der Waals surface area contributed by atoms with Crippen LogP contribution in [0.1, 0.15) is 43.5 Å². The Bertz CT molecular complexity index is 1160. The van der Waals surface area contributed by atoms with Crippen LogP contribution in [0.2, 0.25) is 0 Å². The van der Waals surface area contributed by atoms with Gasteiger partial charge in [0.2, 0.25) is 5.91 Å². The highest BCUT2D eigenvalue weighted by Gasteiger charge is 2.54. The van der Waals surface area contributed by atoms with Crippen molar-refractivity contribution >= 4 is 12.0 Å². The van der Waals surface area contributed by atoms with Gasteiger partial charge < -0.3 is 19.7 Å². The van der Waals surface area contributed by atoms with E-state index in [9.17, 15) is 9.59 Å². The summed E-state index contributed by atoms with van der Waals surface area (Å²) in [5, 5.41) is 3.03. The van der Waals surface area contributed by atoms with E-state index in [0.29, 0.717) is 6.54 Å². The second kappa shape index (κ2) is 10.9. The van der Waals surface area contributed by atoms with Gasteiger partial charge in [0.1, 0.15) is 12.4 Å². The highest BCUT2D eigenvalue weighted by atomic mass is 16.5. The number of methoxy groups -OCH3 is 1. The van der Waals surface area contributed by atoms with E-state index in [2.05, 4.69) is 5.32 Å². The molecule has 6 nitrogen and oxygen atoms in total. The zero-order chi connectivity index (χ0) is 25.7. The van der Waals surface area contributed by atoms with Crippen LogP contribution in [-0.4, -0.2) is 30.1 Å². The average Bonchev–Trinajstić information content (AvgIpc) is 2.89. The van der Waals surface area contributed by atoms with Crippen molar-refractivity contribution in [3.8, 4) is 5.75 Å². The molecule has 0 aliphatic carbocycles. The summed E-state index contributed by atoms with van der Waals surface area (Å²) in [7, 11) is 1.63. The first-order valence-corrected chi connectivity index (χ1v) is 12.2. The van der Waals surface area contributed by atoms with Gasteiger partial charge in [-0.05, 0) is 34.2 Å². The molecule has 1 heterocycles. The molecule has 0 bridgehead atoms. The lowest BCUT2D eigenvalue weighted by atomic mass is 9.69. The Kier molecular flexibility index (Phi) is 7.63. The Labute approximate surface area is 213 Å². The van der Waals surface area contributed by atoms with Gasteiger partial charge >= 0.3 is 6.09 Å². The van der Waals surface area contributed by atoms with Crippen LogP contribution in [-0.2, 0) is 22.7 Å². The van der Waals surface area contributed by atoms with Gasteiger partial charge in [-0.1, -0.05) is 93.6 Å².